The van der Waals surface area contributed by atoms with Gasteiger partial charge in [-0.05, 0) is 55.7 Å². The molecule has 1 aromatic carbocycles. The largest absolute Gasteiger partial charge is 0.497 e. The van der Waals surface area contributed by atoms with E-state index in [4.69, 9.17) is 15.2 Å². The molecule has 1 aliphatic carbocycles. The van der Waals surface area contributed by atoms with E-state index in [0.717, 1.165) is 42.9 Å². The van der Waals surface area contributed by atoms with Crippen LogP contribution in [-0.4, -0.2) is 25.7 Å². The molecule has 3 N–H and O–H groups in total. The van der Waals surface area contributed by atoms with Gasteiger partial charge in [0.15, 0.2) is 5.96 Å². The molecule has 1 fully saturated rings. The summed E-state index contributed by atoms with van der Waals surface area (Å²) in [6, 6.07) is 10.1. The lowest BCUT2D eigenvalue weighted by Crippen LogP contribution is -2.33. The summed E-state index contributed by atoms with van der Waals surface area (Å²) >= 11 is 1.76. The van der Waals surface area contributed by atoms with Gasteiger partial charge >= 0.3 is 0 Å². The molecule has 0 spiro atoms. The van der Waals surface area contributed by atoms with Gasteiger partial charge < -0.3 is 20.5 Å². The van der Waals surface area contributed by atoms with E-state index in [-0.39, 0.29) is 24.0 Å². The molecule has 0 aliphatic heterocycles. The second kappa shape index (κ2) is 11.4. The Kier molecular flexibility index (Phi) is 9.20. The van der Waals surface area contributed by atoms with Gasteiger partial charge in [-0.2, -0.15) is 0 Å². The van der Waals surface area contributed by atoms with Crippen LogP contribution in [0.4, 0.5) is 0 Å². The average Bonchev–Trinajstić information content (AvgIpc) is 3.34. The molecule has 1 heterocycles. The highest BCUT2D eigenvalue weighted by Crippen LogP contribution is 2.30. The van der Waals surface area contributed by atoms with Crippen molar-refractivity contribution in [3.05, 3.63) is 46.2 Å². The van der Waals surface area contributed by atoms with E-state index in [9.17, 15) is 0 Å². The minimum atomic E-state index is 0. The number of ether oxygens (including phenoxy) is 2. The molecule has 0 amide bonds. The maximum absolute atomic E-state index is 6.20. The highest BCUT2D eigenvalue weighted by molar-refractivity contribution is 14.0. The highest BCUT2D eigenvalue weighted by Gasteiger charge is 2.18. The van der Waals surface area contributed by atoms with Gasteiger partial charge in [-0.1, -0.05) is 6.07 Å². The van der Waals surface area contributed by atoms with Crippen molar-refractivity contribution in [2.24, 2.45) is 10.7 Å². The summed E-state index contributed by atoms with van der Waals surface area (Å²) in [6.45, 7) is 1.27. The molecule has 0 saturated heterocycles. The molecule has 0 atom stereocenters. The molecule has 0 bridgehead atoms. The summed E-state index contributed by atoms with van der Waals surface area (Å²) in [4.78, 5) is 5.81. The fraction of sp³-hybridized carbons (Fsp3) is 0.450. The van der Waals surface area contributed by atoms with Gasteiger partial charge in [-0.15, -0.1) is 35.3 Å². The molecule has 3 rings (SSSR count). The average molecular weight is 501 g/mol. The minimum Gasteiger partial charge on any atom is -0.497 e. The van der Waals surface area contributed by atoms with Crippen LogP contribution in [0.5, 0.6) is 11.5 Å². The third kappa shape index (κ3) is 6.88. The number of thiophene rings is 1. The Bertz CT molecular complexity index is 716. The van der Waals surface area contributed by atoms with Gasteiger partial charge in [0.2, 0.25) is 0 Å². The number of methoxy groups -OCH3 is 1. The number of nitrogens with one attached hydrogen (secondary N) is 1. The highest BCUT2D eigenvalue weighted by atomic mass is 127. The number of benzene rings is 1. The Morgan fingerprint density at radius 2 is 2.11 bits per heavy atom. The van der Waals surface area contributed by atoms with Gasteiger partial charge in [0.05, 0.1) is 19.8 Å². The van der Waals surface area contributed by atoms with Crippen LogP contribution in [0.1, 0.15) is 36.1 Å². The van der Waals surface area contributed by atoms with Crippen LogP contribution in [-0.2, 0) is 13.0 Å². The zero-order chi connectivity index (χ0) is 18.2. The van der Waals surface area contributed by atoms with Gasteiger partial charge in [0.1, 0.15) is 11.5 Å². The lowest BCUT2D eigenvalue weighted by molar-refractivity contribution is 0.207. The van der Waals surface area contributed by atoms with Crippen molar-refractivity contribution in [3.63, 3.8) is 0 Å². The van der Waals surface area contributed by atoms with Crippen molar-refractivity contribution in [2.75, 3.05) is 13.7 Å². The number of rotatable bonds is 8. The quantitative estimate of drug-likeness (QED) is 0.321. The van der Waals surface area contributed by atoms with E-state index < -0.39 is 0 Å². The van der Waals surface area contributed by atoms with Crippen LogP contribution in [0.15, 0.2) is 40.7 Å². The number of aliphatic imine (C=N–C) groups is 1. The van der Waals surface area contributed by atoms with Gasteiger partial charge in [0.25, 0.3) is 0 Å². The van der Waals surface area contributed by atoms with E-state index in [0.29, 0.717) is 18.6 Å². The van der Waals surface area contributed by atoms with Crippen molar-refractivity contribution in [1.29, 1.82) is 0 Å². The SMILES string of the molecule is COc1ccc(CN=C(N)NCCc2cccs2)c(OC2CCCC2)c1.I. The number of hydrogen-bond donors (Lipinski definition) is 2. The maximum atomic E-state index is 6.20. The first-order chi connectivity index (χ1) is 12.7. The van der Waals surface area contributed by atoms with Crippen molar-refractivity contribution >= 4 is 41.3 Å². The lowest BCUT2D eigenvalue weighted by Gasteiger charge is -2.17. The molecule has 5 nitrogen and oxygen atoms in total. The standard InChI is InChI=1S/C20H27N3O2S.HI/c1-24-17-9-8-15(19(13-17)25-16-5-2-3-6-16)14-23-20(21)22-11-10-18-7-4-12-26-18;/h4,7-9,12-13,16H,2-3,5-6,10-11,14H2,1H3,(H3,21,22,23);1H. The van der Waals surface area contributed by atoms with E-state index >= 15 is 0 Å². The van der Waals surface area contributed by atoms with Gasteiger partial charge in [0, 0.05) is 23.1 Å². The van der Waals surface area contributed by atoms with E-state index in [1.165, 1.54) is 17.7 Å². The van der Waals surface area contributed by atoms with Crippen molar-refractivity contribution in [2.45, 2.75) is 44.8 Å². The maximum Gasteiger partial charge on any atom is 0.188 e. The summed E-state index contributed by atoms with van der Waals surface area (Å²) in [5.41, 5.74) is 7.04. The number of nitrogens with zero attached hydrogens (tertiary/aromatic N) is 1. The second-order valence-corrected chi connectivity index (χ2v) is 7.49. The molecule has 2 aromatic rings. The first-order valence-electron chi connectivity index (χ1n) is 9.14. The molecule has 0 radical (unpaired) electrons. The predicted molar refractivity (Wildman–Crippen MR) is 123 cm³/mol. The summed E-state index contributed by atoms with van der Waals surface area (Å²) in [5, 5.41) is 5.26. The summed E-state index contributed by atoms with van der Waals surface area (Å²) in [6.07, 6.45) is 5.96. The lowest BCUT2D eigenvalue weighted by atomic mass is 10.2. The molecule has 27 heavy (non-hydrogen) atoms. The molecule has 1 aliphatic rings. The van der Waals surface area contributed by atoms with Crippen molar-refractivity contribution in [1.82, 2.24) is 5.32 Å². The zero-order valence-electron chi connectivity index (χ0n) is 15.6. The molecule has 148 valence electrons. The van der Waals surface area contributed by atoms with E-state index in [1.807, 2.05) is 18.2 Å². The van der Waals surface area contributed by atoms with Crippen LogP contribution in [0, 0.1) is 0 Å². The van der Waals surface area contributed by atoms with Crippen molar-refractivity contribution < 1.29 is 9.47 Å². The monoisotopic (exact) mass is 501 g/mol. The number of hydrogen-bond acceptors (Lipinski definition) is 4. The molecule has 0 unspecified atom stereocenters. The van der Waals surface area contributed by atoms with E-state index in [1.54, 1.807) is 18.4 Å². The number of guanidine groups is 1. The third-order valence-electron chi connectivity index (χ3n) is 4.55. The number of halogens is 1. The number of nitrogens with two attached hydrogens (primary N) is 1. The first-order valence-corrected chi connectivity index (χ1v) is 10.0. The molecular weight excluding hydrogens is 473 g/mol. The predicted octanol–water partition coefficient (Wildman–Crippen LogP) is 4.34. The van der Waals surface area contributed by atoms with Crippen LogP contribution < -0.4 is 20.5 Å². The smallest absolute Gasteiger partial charge is 0.188 e. The Morgan fingerprint density at radius 3 is 2.81 bits per heavy atom. The zero-order valence-corrected chi connectivity index (χ0v) is 18.8. The molecule has 1 aromatic heterocycles. The van der Waals surface area contributed by atoms with Crippen molar-refractivity contribution in [3.8, 4) is 11.5 Å². The van der Waals surface area contributed by atoms with Gasteiger partial charge in [-0.25, -0.2) is 4.99 Å². The Labute approximate surface area is 182 Å². The molecule has 7 heteroatoms. The normalized spacial score (nSPS) is 14.6. The van der Waals surface area contributed by atoms with Gasteiger partial charge in [-0.3, -0.25) is 0 Å². The fourth-order valence-corrected chi connectivity index (χ4v) is 3.79. The Hall–Kier alpha value is -1.48. The third-order valence-corrected chi connectivity index (χ3v) is 5.48. The second-order valence-electron chi connectivity index (χ2n) is 6.46. The van der Waals surface area contributed by atoms with Crippen LogP contribution in [0.3, 0.4) is 0 Å². The minimum absolute atomic E-state index is 0. The summed E-state index contributed by atoms with van der Waals surface area (Å²) in [5.74, 6) is 2.11. The van der Waals surface area contributed by atoms with E-state index in [2.05, 4.69) is 27.8 Å². The Balaban J connectivity index is 0.00000261. The molecule has 1 saturated carbocycles. The van der Waals surface area contributed by atoms with Crippen LogP contribution >= 0.6 is 35.3 Å². The summed E-state index contributed by atoms with van der Waals surface area (Å²) < 4.78 is 11.5. The van der Waals surface area contributed by atoms with Crippen LogP contribution in [0.2, 0.25) is 0 Å². The Morgan fingerprint density at radius 1 is 1.30 bits per heavy atom. The topological polar surface area (TPSA) is 68.9 Å². The van der Waals surface area contributed by atoms with Crippen LogP contribution in [0.25, 0.3) is 0 Å². The molecular formula is C20H28IN3O2S. The first kappa shape index (κ1) is 21.8. The fourth-order valence-electron chi connectivity index (χ4n) is 3.08. The summed E-state index contributed by atoms with van der Waals surface area (Å²) in [7, 11) is 1.67.